The van der Waals surface area contributed by atoms with E-state index in [1.807, 2.05) is 4.90 Å². The number of aryl methyl sites for hydroxylation is 1. The van der Waals surface area contributed by atoms with Crippen LogP contribution in [-0.4, -0.2) is 76.3 Å². The van der Waals surface area contributed by atoms with E-state index in [0.29, 0.717) is 18.2 Å². The van der Waals surface area contributed by atoms with Gasteiger partial charge in [-0.05, 0) is 25.8 Å². The van der Waals surface area contributed by atoms with Crippen molar-refractivity contribution in [3.05, 3.63) is 11.6 Å². The van der Waals surface area contributed by atoms with Gasteiger partial charge in [-0.1, -0.05) is 0 Å². The zero-order valence-corrected chi connectivity index (χ0v) is 14.4. The Morgan fingerprint density at radius 2 is 2.00 bits per heavy atom. The number of hydrogen-bond donors (Lipinski definition) is 1. The van der Waals surface area contributed by atoms with Gasteiger partial charge in [0.15, 0.2) is 0 Å². The highest BCUT2D eigenvalue weighted by atomic mass is 16.2. The van der Waals surface area contributed by atoms with Crippen molar-refractivity contribution in [2.45, 2.75) is 44.6 Å². The van der Waals surface area contributed by atoms with Gasteiger partial charge >= 0.3 is 0 Å². The van der Waals surface area contributed by atoms with Crippen molar-refractivity contribution in [3.8, 4) is 0 Å². The summed E-state index contributed by atoms with van der Waals surface area (Å²) in [7, 11) is 0. The second-order valence-corrected chi connectivity index (χ2v) is 7.25. The predicted molar refractivity (Wildman–Crippen MR) is 90.8 cm³/mol. The number of aromatic nitrogens is 3. The van der Waals surface area contributed by atoms with Crippen LogP contribution < -0.4 is 5.32 Å². The topological polar surface area (TPSA) is 66.3 Å². The molecule has 2 saturated heterocycles. The Labute approximate surface area is 143 Å². The first-order valence-corrected chi connectivity index (χ1v) is 9.44. The molecule has 0 aromatic carbocycles. The van der Waals surface area contributed by atoms with Crippen LogP contribution in [0.5, 0.6) is 0 Å². The molecule has 7 nitrogen and oxygen atoms in total. The van der Waals surface area contributed by atoms with Gasteiger partial charge in [-0.15, -0.1) is 10.2 Å². The Hall–Kier alpha value is -1.47. The van der Waals surface area contributed by atoms with Gasteiger partial charge in [0.25, 0.3) is 0 Å². The highest BCUT2D eigenvalue weighted by molar-refractivity contribution is 5.76. The minimum atomic E-state index is 0.307. The number of amides is 1. The summed E-state index contributed by atoms with van der Waals surface area (Å²) in [4.78, 5) is 16.8. The van der Waals surface area contributed by atoms with Crippen molar-refractivity contribution in [1.29, 1.82) is 0 Å². The molecule has 1 unspecified atom stereocenters. The summed E-state index contributed by atoms with van der Waals surface area (Å²) in [6.07, 6.45) is 5.30. The maximum absolute atomic E-state index is 12.3. The molecule has 1 aromatic heterocycles. The van der Waals surface area contributed by atoms with Crippen molar-refractivity contribution in [1.82, 2.24) is 29.9 Å². The largest absolute Gasteiger partial charge is 0.340 e. The number of piperazine rings is 1. The second-order valence-electron chi connectivity index (χ2n) is 7.25. The summed E-state index contributed by atoms with van der Waals surface area (Å²) in [6, 6.07) is 0. The molecule has 1 amide bonds. The smallest absolute Gasteiger partial charge is 0.223 e. The molecule has 1 N–H and O–H groups in total. The van der Waals surface area contributed by atoms with E-state index in [1.54, 1.807) is 0 Å². The molecule has 2 fully saturated rings. The Morgan fingerprint density at radius 3 is 2.88 bits per heavy atom. The van der Waals surface area contributed by atoms with Crippen molar-refractivity contribution >= 4 is 5.91 Å². The summed E-state index contributed by atoms with van der Waals surface area (Å²) in [5.74, 6) is 3.13. The van der Waals surface area contributed by atoms with Crippen LogP contribution in [0.1, 0.15) is 43.3 Å². The van der Waals surface area contributed by atoms with Crippen LogP contribution in [-0.2, 0) is 17.8 Å². The Kier molecular flexibility index (Phi) is 4.80. The molecular formula is C17H28N6O. The highest BCUT2D eigenvalue weighted by Gasteiger charge is 2.28. The molecule has 0 spiro atoms. The molecule has 1 aromatic rings. The van der Waals surface area contributed by atoms with Crippen molar-refractivity contribution < 1.29 is 4.79 Å². The fourth-order valence-electron chi connectivity index (χ4n) is 4.27. The summed E-state index contributed by atoms with van der Waals surface area (Å²) in [5, 5.41) is 12.1. The minimum absolute atomic E-state index is 0.307. The molecule has 0 saturated carbocycles. The number of rotatable bonds is 4. The third kappa shape index (κ3) is 3.32. The average Bonchev–Trinajstić information content (AvgIpc) is 3.24. The average molecular weight is 332 g/mol. The van der Waals surface area contributed by atoms with Gasteiger partial charge in [-0.25, -0.2) is 0 Å². The number of nitrogens with zero attached hydrogens (tertiary/aromatic N) is 5. The summed E-state index contributed by atoms with van der Waals surface area (Å²) in [6.45, 7) is 7.64. The van der Waals surface area contributed by atoms with Gasteiger partial charge in [0.05, 0.1) is 0 Å². The molecule has 0 bridgehead atoms. The van der Waals surface area contributed by atoms with Gasteiger partial charge in [0.1, 0.15) is 11.6 Å². The van der Waals surface area contributed by atoms with E-state index in [1.165, 1.54) is 25.1 Å². The van der Waals surface area contributed by atoms with E-state index in [0.717, 1.165) is 64.6 Å². The molecular weight excluding hydrogens is 304 g/mol. The van der Waals surface area contributed by atoms with E-state index in [2.05, 4.69) is 25.0 Å². The van der Waals surface area contributed by atoms with Crippen molar-refractivity contribution in [3.63, 3.8) is 0 Å². The summed E-state index contributed by atoms with van der Waals surface area (Å²) >= 11 is 0. The van der Waals surface area contributed by atoms with Gasteiger partial charge in [0.2, 0.25) is 5.91 Å². The Morgan fingerprint density at radius 1 is 1.12 bits per heavy atom. The maximum atomic E-state index is 12.3. The lowest BCUT2D eigenvalue weighted by atomic mass is 9.97. The summed E-state index contributed by atoms with van der Waals surface area (Å²) < 4.78 is 2.33. The normalized spacial score (nSPS) is 25.0. The predicted octanol–water partition coefficient (Wildman–Crippen LogP) is 0.226. The van der Waals surface area contributed by atoms with Crippen LogP contribution in [0.3, 0.4) is 0 Å². The Bertz CT molecular complexity index is 580. The molecule has 0 aliphatic carbocycles. The van der Waals surface area contributed by atoms with E-state index in [4.69, 9.17) is 0 Å². The Balaban J connectivity index is 1.31. The molecule has 132 valence electrons. The lowest BCUT2D eigenvalue weighted by molar-refractivity contribution is -0.132. The quantitative estimate of drug-likeness (QED) is 0.855. The number of likely N-dealkylation sites (tertiary alicyclic amines) is 1. The van der Waals surface area contributed by atoms with Gasteiger partial charge in [-0.3, -0.25) is 4.79 Å². The maximum Gasteiger partial charge on any atom is 0.223 e. The fraction of sp³-hybridized carbons (Fsp3) is 0.824. The number of fused-ring (bicyclic) bond motifs is 1. The van der Waals surface area contributed by atoms with Crippen LogP contribution in [0.15, 0.2) is 0 Å². The molecule has 4 rings (SSSR count). The monoisotopic (exact) mass is 332 g/mol. The minimum Gasteiger partial charge on any atom is -0.340 e. The molecule has 4 heterocycles. The SMILES string of the molecule is O=C(CCN1CCCC(c2nnc3n2CCC3)C1)N1CCNCC1. The third-order valence-corrected chi connectivity index (χ3v) is 5.62. The first-order valence-electron chi connectivity index (χ1n) is 9.44. The molecule has 0 radical (unpaired) electrons. The van der Waals surface area contributed by atoms with E-state index in [9.17, 15) is 4.79 Å². The van der Waals surface area contributed by atoms with Crippen molar-refractivity contribution in [2.24, 2.45) is 0 Å². The lowest BCUT2D eigenvalue weighted by Crippen LogP contribution is -2.47. The second kappa shape index (κ2) is 7.19. The number of piperidine rings is 1. The van der Waals surface area contributed by atoms with Crippen LogP contribution in [0, 0.1) is 0 Å². The van der Waals surface area contributed by atoms with Gasteiger partial charge in [0, 0.05) is 64.6 Å². The standard InChI is InChI=1S/C17H28N6O/c24-16(22-11-6-18-7-12-22)5-10-21-8-1-3-14(13-21)17-20-19-15-4-2-9-23(15)17/h14,18H,1-13H2. The fourth-order valence-corrected chi connectivity index (χ4v) is 4.27. The van der Waals surface area contributed by atoms with Gasteiger partial charge < -0.3 is 19.7 Å². The van der Waals surface area contributed by atoms with Crippen LogP contribution >= 0.6 is 0 Å². The van der Waals surface area contributed by atoms with E-state index in [-0.39, 0.29) is 0 Å². The molecule has 3 aliphatic rings. The number of hydrogen-bond acceptors (Lipinski definition) is 5. The first kappa shape index (κ1) is 16.0. The van der Waals surface area contributed by atoms with Crippen LogP contribution in [0.4, 0.5) is 0 Å². The number of carbonyl (C=O) groups excluding carboxylic acids is 1. The lowest BCUT2D eigenvalue weighted by Gasteiger charge is -2.33. The molecule has 24 heavy (non-hydrogen) atoms. The first-order chi connectivity index (χ1) is 11.8. The molecule has 1 atom stereocenters. The van der Waals surface area contributed by atoms with Crippen LogP contribution in [0.25, 0.3) is 0 Å². The van der Waals surface area contributed by atoms with E-state index >= 15 is 0 Å². The third-order valence-electron chi connectivity index (χ3n) is 5.62. The molecule has 3 aliphatic heterocycles. The number of carbonyl (C=O) groups is 1. The van der Waals surface area contributed by atoms with E-state index < -0.39 is 0 Å². The van der Waals surface area contributed by atoms with Crippen LogP contribution in [0.2, 0.25) is 0 Å². The van der Waals surface area contributed by atoms with Gasteiger partial charge in [-0.2, -0.15) is 0 Å². The zero-order chi connectivity index (χ0) is 16.4. The summed E-state index contributed by atoms with van der Waals surface area (Å²) in [5.41, 5.74) is 0. The zero-order valence-electron chi connectivity index (χ0n) is 14.4. The molecule has 7 heteroatoms. The van der Waals surface area contributed by atoms with Crippen molar-refractivity contribution in [2.75, 3.05) is 45.8 Å². The highest BCUT2D eigenvalue weighted by Crippen LogP contribution is 2.28. The number of nitrogens with one attached hydrogen (secondary N) is 1.